The van der Waals surface area contributed by atoms with Gasteiger partial charge in [0.25, 0.3) is 0 Å². The molecule has 2 atom stereocenters. The van der Waals surface area contributed by atoms with E-state index in [9.17, 15) is 8.42 Å². The molecule has 0 bridgehead atoms. The largest absolute Gasteiger partial charge is 0.313 e. The molecule has 1 aromatic carbocycles. The molecule has 1 aliphatic heterocycles. The van der Waals surface area contributed by atoms with Crippen molar-refractivity contribution in [2.45, 2.75) is 44.7 Å². The van der Waals surface area contributed by atoms with E-state index in [2.05, 4.69) is 12.2 Å². The van der Waals surface area contributed by atoms with Crippen LogP contribution in [0.25, 0.3) is 0 Å². The summed E-state index contributed by atoms with van der Waals surface area (Å²) >= 11 is 0. The standard InChI is InChI=1S/C15H24N2O2S/c1-4-16-10-14-7-5-6-8-15(14)20(18,19)17-11-12(2)9-13(17)3/h5-8,12-13,16H,4,9-11H2,1-3H3. The molecular weight excluding hydrogens is 272 g/mol. The van der Waals surface area contributed by atoms with Crippen molar-refractivity contribution in [3.05, 3.63) is 29.8 Å². The molecule has 0 aliphatic carbocycles. The van der Waals surface area contributed by atoms with Gasteiger partial charge in [-0.2, -0.15) is 4.31 Å². The first-order valence-corrected chi connectivity index (χ1v) is 8.71. The van der Waals surface area contributed by atoms with Crippen LogP contribution >= 0.6 is 0 Å². The second-order valence-electron chi connectivity index (χ2n) is 5.65. The summed E-state index contributed by atoms with van der Waals surface area (Å²) in [4.78, 5) is 0.446. The summed E-state index contributed by atoms with van der Waals surface area (Å²) in [5, 5.41) is 3.20. The molecule has 0 amide bonds. The van der Waals surface area contributed by atoms with Crippen LogP contribution in [0.3, 0.4) is 0 Å². The zero-order chi connectivity index (χ0) is 14.8. The summed E-state index contributed by atoms with van der Waals surface area (Å²) in [6.07, 6.45) is 0.939. The van der Waals surface area contributed by atoms with E-state index in [0.29, 0.717) is 23.9 Å². The van der Waals surface area contributed by atoms with E-state index in [1.807, 2.05) is 26.0 Å². The number of benzene rings is 1. The SMILES string of the molecule is CCNCc1ccccc1S(=O)(=O)N1CC(C)CC1C. The summed E-state index contributed by atoms with van der Waals surface area (Å²) in [5.41, 5.74) is 0.848. The summed E-state index contributed by atoms with van der Waals surface area (Å²) in [6, 6.07) is 7.38. The summed E-state index contributed by atoms with van der Waals surface area (Å²) < 4.78 is 27.4. The Hall–Kier alpha value is -0.910. The van der Waals surface area contributed by atoms with E-state index in [4.69, 9.17) is 0 Å². The monoisotopic (exact) mass is 296 g/mol. The van der Waals surface area contributed by atoms with Crippen LogP contribution in [0.1, 0.15) is 32.8 Å². The molecule has 0 spiro atoms. The predicted octanol–water partition coefficient (Wildman–Crippen LogP) is 2.22. The van der Waals surface area contributed by atoms with E-state index < -0.39 is 10.0 Å². The van der Waals surface area contributed by atoms with Gasteiger partial charge in [0.1, 0.15) is 0 Å². The Balaban J connectivity index is 2.34. The number of sulfonamides is 1. The van der Waals surface area contributed by atoms with Crippen LogP contribution in [0.15, 0.2) is 29.2 Å². The molecule has 1 fully saturated rings. The van der Waals surface area contributed by atoms with E-state index in [0.717, 1.165) is 18.5 Å². The Bertz CT molecular complexity index is 557. The lowest BCUT2D eigenvalue weighted by atomic mass is 10.1. The first-order valence-electron chi connectivity index (χ1n) is 7.27. The Kier molecular flexibility index (Phi) is 4.83. The van der Waals surface area contributed by atoms with Gasteiger partial charge < -0.3 is 5.32 Å². The van der Waals surface area contributed by atoms with Crippen molar-refractivity contribution in [3.63, 3.8) is 0 Å². The fourth-order valence-corrected chi connectivity index (χ4v) is 4.87. The second kappa shape index (κ2) is 6.24. The Labute approximate surface area is 122 Å². The minimum atomic E-state index is -3.39. The second-order valence-corrected chi connectivity index (χ2v) is 7.51. The third-order valence-electron chi connectivity index (χ3n) is 3.85. The maximum Gasteiger partial charge on any atom is 0.243 e. The van der Waals surface area contributed by atoms with Gasteiger partial charge in [-0.3, -0.25) is 0 Å². The lowest BCUT2D eigenvalue weighted by Crippen LogP contribution is -2.34. The molecule has 0 aromatic heterocycles. The van der Waals surface area contributed by atoms with Crippen LogP contribution in [0.5, 0.6) is 0 Å². The highest BCUT2D eigenvalue weighted by Gasteiger charge is 2.36. The molecule has 0 radical (unpaired) electrons. The number of rotatable bonds is 5. The smallest absolute Gasteiger partial charge is 0.243 e. The van der Waals surface area contributed by atoms with Gasteiger partial charge in [0, 0.05) is 19.1 Å². The van der Waals surface area contributed by atoms with Crippen molar-refractivity contribution in [2.24, 2.45) is 5.92 Å². The average Bonchev–Trinajstić information content (AvgIpc) is 2.76. The van der Waals surface area contributed by atoms with Crippen LogP contribution in [0.2, 0.25) is 0 Å². The van der Waals surface area contributed by atoms with Crippen molar-refractivity contribution in [1.82, 2.24) is 9.62 Å². The van der Waals surface area contributed by atoms with Gasteiger partial charge in [-0.05, 0) is 37.4 Å². The van der Waals surface area contributed by atoms with Gasteiger partial charge in [-0.1, -0.05) is 32.0 Å². The van der Waals surface area contributed by atoms with Crippen LogP contribution in [-0.4, -0.2) is 31.9 Å². The van der Waals surface area contributed by atoms with Gasteiger partial charge in [0.15, 0.2) is 0 Å². The minimum Gasteiger partial charge on any atom is -0.313 e. The van der Waals surface area contributed by atoms with E-state index >= 15 is 0 Å². The molecule has 1 heterocycles. The fraction of sp³-hybridized carbons (Fsp3) is 0.600. The highest BCUT2D eigenvalue weighted by molar-refractivity contribution is 7.89. The van der Waals surface area contributed by atoms with Gasteiger partial charge in [0.05, 0.1) is 4.90 Å². The van der Waals surface area contributed by atoms with Crippen molar-refractivity contribution in [1.29, 1.82) is 0 Å². The maximum atomic E-state index is 12.9. The molecule has 20 heavy (non-hydrogen) atoms. The summed E-state index contributed by atoms with van der Waals surface area (Å²) in [5.74, 6) is 0.431. The molecule has 2 unspecified atom stereocenters. The maximum absolute atomic E-state index is 12.9. The lowest BCUT2D eigenvalue weighted by molar-refractivity contribution is 0.405. The molecule has 1 aliphatic rings. The quantitative estimate of drug-likeness (QED) is 0.906. The predicted molar refractivity (Wildman–Crippen MR) is 81.0 cm³/mol. The molecule has 5 heteroatoms. The summed E-state index contributed by atoms with van der Waals surface area (Å²) in [6.45, 7) is 8.15. The van der Waals surface area contributed by atoms with E-state index in [1.165, 1.54) is 0 Å². The first kappa shape index (κ1) is 15.5. The first-order chi connectivity index (χ1) is 9.46. The van der Waals surface area contributed by atoms with Crippen molar-refractivity contribution in [2.75, 3.05) is 13.1 Å². The third kappa shape index (κ3) is 3.05. The van der Waals surface area contributed by atoms with Crippen LogP contribution in [0, 0.1) is 5.92 Å². The van der Waals surface area contributed by atoms with Gasteiger partial charge in [-0.15, -0.1) is 0 Å². The molecule has 1 saturated heterocycles. The van der Waals surface area contributed by atoms with Crippen LogP contribution in [0.4, 0.5) is 0 Å². The van der Waals surface area contributed by atoms with E-state index in [1.54, 1.807) is 16.4 Å². The highest BCUT2D eigenvalue weighted by Crippen LogP contribution is 2.30. The Morgan fingerprint density at radius 2 is 2.00 bits per heavy atom. The normalized spacial score (nSPS) is 24.1. The molecule has 2 rings (SSSR count). The summed E-state index contributed by atoms with van der Waals surface area (Å²) in [7, 11) is -3.39. The lowest BCUT2D eigenvalue weighted by Gasteiger charge is -2.22. The number of hydrogen-bond donors (Lipinski definition) is 1. The van der Waals surface area contributed by atoms with Crippen molar-refractivity contribution in [3.8, 4) is 0 Å². The molecular formula is C15H24N2O2S. The molecule has 0 saturated carbocycles. The zero-order valence-electron chi connectivity index (χ0n) is 12.5. The Morgan fingerprint density at radius 3 is 2.60 bits per heavy atom. The van der Waals surface area contributed by atoms with Gasteiger partial charge in [0.2, 0.25) is 10.0 Å². The number of hydrogen-bond acceptors (Lipinski definition) is 3. The molecule has 1 N–H and O–H groups in total. The fourth-order valence-electron chi connectivity index (χ4n) is 2.88. The topological polar surface area (TPSA) is 49.4 Å². The zero-order valence-corrected chi connectivity index (χ0v) is 13.3. The highest BCUT2D eigenvalue weighted by atomic mass is 32.2. The van der Waals surface area contributed by atoms with Crippen LogP contribution < -0.4 is 5.32 Å². The molecule has 1 aromatic rings. The number of nitrogens with one attached hydrogen (secondary N) is 1. The number of nitrogens with zero attached hydrogens (tertiary/aromatic N) is 1. The minimum absolute atomic E-state index is 0.0854. The van der Waals surface area contributed by atoms with Crippen molar-refractivity contribution >= 4 is 10.0 Å². The van der Waals surface area contributed by atoms with Gasteiger partial charge >= 0.3 is 0 Å². The van der Waals surface area contributed by atoms with Gasteiger partial charge in [-0.25, -0.2) is 8.42 Å². The van der Waals surface area contributed by atoms with Crippen LogP contribution in [-0.2, 0) is 16.6 Å². The Morgan fingerprint density at radius 1 is 1.30 bits per heavy atom. The molecule has 4 nitrogen and oxygen atoms in total. The molecule has 112 valence electrons. The van der Waals surface area contributed by atoms with Crippen molar-refractivity contribution < 1.29 is 8.42 Å². The average molecular weight is 296 g/mol. The third-order valence-corrected chi connectivity index (χ3v) is 5.93. The van der Waals surface area contributed by atoms with E-state index in [-0.39, 0.29) is 6.04 Å².